The molecule has 3 amide bonds. The van der Waals surface area contributed by atoms with Crippen molar-refractivity contribution in [2.45, 2.75) is 58.5 Å². The van der Waals surface area contributed by atoms with Crippen molar-refractivity contribution in [2.75, 3.05) is 19.6 Å². The molecule has 11 heteroatoms. The Morgan fingerprint density at radius 2 is 2.13 bits per heavy atom. The number of nitrogens with one attached hydrogen (secondary N) is 2. The number of nitrogens with zero attached hydrogens (tertiary/aromatic N) is 6. The van der Waals surface area contributed by atoms with Crippen molar-refractivity contribution in [2.24, 2.45) is 0 Å². The molecule has 1 unspecified atom stereocenters. The number of urea groups is 1. The van der Waals surface area contributed by atoms with Crippen LogP contribution < -0.4 is 10.6 Å². The number of fused-ring (bicyclic) bond motifs is 1. The van der Waals surface area contributed by atoms with Gasteiger partial charge < -0.3 is 20.3 Å². The molecule has 2 aliphatic rings. The van der Waals surface area contributed by atoms with Crippen LogP contribution in [0.15, 0.2) is 12.3 Å². The minimum Gasteiger partial charge on any atom is -0.365 e. The van der Waals surface area contributed by atoms with Crippen LogP contribution in [0.1, 0.15) is 48.6 Å². The van der Waals surface area contributed by atoms with Crippen LogP contribution in [-0.2, 0) is 31.0 Å². The third-order valence-electron chi connectivity index (χ3n) is 5.66. The fourth-order valence-electron chi connectivity index (χ4n) is 3.99. The first-order valence-electron chi connectivity index (χ1n) is 10.4. The Kier molecular flexibility index (Phi) is 5.71. The fourth-order valence-corrected chi connectivity index (χ4v) is 3.99. The number of amides is 3. The minimum absolute atomic E-state index is 0.0257. The van der Waals surface area contributed by atoms with Gasteiger partial charge in [-0.1, -0.05) is 12.1 Å². The molecule has 1 atom stereocenters. The highest BCUT2D eigenvalue weighted by atomic mass is 16.5. The highest BCUT2D eigenvalue weighted by Gasteiger charge is 2.45. The third-order valence-corrected chi connectivity index (χ3v) is 5.66. The van der Waals surface area contributed by atoms with Gasteiger partial charge >= 0.3 is 6.03 Å². The number of carbonyl (C=O) groups excluding carboxylic acids is 2. The molecule has 2 aromatic heterocycles. The molecule has 2 N–H and O–H groups in total. The molecule has 4 rings (SSSR count). The van der Waals surface area contributed by atoms with Crippen LogP contribution in [0.4, 0.5) is 4.79 Å². The zero-order chi connectivity index (χ0) is 21.1. The molecule has 0 aliphatic carbocycles. The van der Waals surface area contributed by atoms with E-state index in [4.69, 9.17) is 4.74 Å². The van der Waals surface area contributed by atoms with Gasteiger partial charge in [0.05, 0.1) is 31.9 Å². The van der Waals surface area contributed by atoms with E-state index in [9.17, 15) is 9.59 Å². The van der Waals surface area contributed by atoms with Crippen LogP contribution >= 0.6 is 0 Å². The molecule has 2 aromatic rings. The molecule has 1 fully saturated rings. The molecule has 1 spiro atoms. The fraction of sp³-hybridized carbons (Fsp3) is 0.632. The van der Waals surface area contributed by atoms with Crippen molar-refractivity contribution in [1.29, 1.82) is 0 Å². The molecular weight excluding hydrogens is 388 g/mol. The van der Waals surface area contributed by atoms with E-state index in [0.717, 1.165) is 18.5 Å². The maximum absolute atomic E-state index is 12.9. The van der Waals surface area contributed by atoms with Gasteiger partial charge in [0.1, 0.15) is 17.0 Å². The number of carbonyl (C=O) groups is 2. The van der Waals surface area contributed by atoms with E-state index in [-0.39, 0.29) is 11.9 Å². The lowest BCUT2D eigenvalue weighted by Gasteiger charge is -2.33. The zero-order valence-electron chi connectivity index (χ0n) is 17.4. The van der Waals surface area contributed by atoms with Gasteiger partial charge in [-0.2, -0.15) is 5.10 Å². The van der Waals surface area contributed by atoms with E-state index < -0.39 is 5.60 Å². The van der Waals surface area contributed by atoms with E-state index in [1.807, 2.05) is 23.4 Å². The minimum atomic E-state index is -0.462. The SMILES string of the molecule is CCCNC(=O)NCc1nnn2c1COC1(CCN(C(=O)c3ccnn3CC)C1)C2. The lowest BCUT2D eigenvalue weighted by atomic mass is 10.0. The number of ether oxygens (including phenoxy) is 1. The molecule has 11 nitrogen and oxygen atoms in total. The van der Waals surface area contributed by atoms with Gasteiger partial charge in [0, 0.05) is 25.8 Å². The second kappa shape index (κ2) is 8.42. The van der Waals surface area contributed by atoms with Gasteiger partial charge in [-0.3, -0.25) is 9.48 Å². The van der Waals surface area contributed by atoms with Gasteiger partial charge in [0.15, 0.2) is 0 Å². The molecule has 0 bridgehead atoms. The summed E-state index contributed by atoms with van der Waals surface area (Å²) in [6, 6.07) is 1.53. The summed E-state index contributed by atoms with van der Waals surface area (Å²) in [4.78, 5) is 26.5. The summed E-state index contributed by atoms with van der Waals surface area (Å²) >= 11 is 0. The number of aromatic nitrogens is 5. The van der Waals surface area contributed by atoms with E-state index >= 15 is 0 Å². The van der Waals surface area contributed by atoms with E-state index in [1.54, 1.807) is 16.9 Å². The van der Waals surface area contributed by atoms with Crippen LogP contribution in [0.2, 0.25) is 0 Å². The van der Waals surface area contributed by atoms with Crippen LogP contribution in [0.5, 0.6) is 0 Å². The summed E-state index contributed by atoms with van der Waals surface area (Å²) in [7, 11) is 0. The largest absolute Gasteiger partial charge is 0.365 e. The number of aryl methyl sites for hydroxylation is 1. The molecular formula is C19H28N8O3. The topological polar surface area (TPSA) is 119 Å². The first-order chi connectivity index (χ1) is 14.5. The van der Waals surface area contributed by atoms with Crippen molar-refractivity contribution >= 4 is 11.9 Å². The summed E-state index contributed by atoms with van der Waals surface area (Å²) in [5, 5.41) is 18.2. The highest BCUT2D eigenvalue weighted by Crippen LogP contribution is 2.33. The Bertz CT molecular complexity index is 923. The maximum atomic E-state index is 12.9. The average molecular weight is 416 g/mol. The smallest absolute Gasteiger partial charge is 0.315 e. The molecule has 162 valence electrons. The van der Waals surface area contributed by atoms with E-state index in [2.05, 4.69) is 26.0 Å². The van der Waals surface area contributed by atoms with E-state index in [1.165, 1.54) is 0 Å². The standard InChI is InChI=1S/C19H28N8O3/c1-3-7-20-18(29)21-10-14-16-11-30-19(13-27(16)24-23-14)6-9-25(12-19)17(28)15-5-8-22-26(15)4-2/h5,8H,3-4,6-7,9-13H2,1-2H3,(H2,20,21,29). The van der Waals surface area contributed by atoms with Gasteiger partial charge in [-0.05, 0) is 25.8 Å². The van der Waals surface area contributed by atoms with Gasteiger partial charge in [0.25, 0.3) is 5.91 Å². The first kappa shape index (κ1) is 20.3. The summed E-state index contributed by atoms with van der Waals surface area (Å²) in [6.07, 6.45) is 3.27. The maximum Gasteiger partial charge on any atom is 0.315 e. The monoisotopic (exact) mass is 416 g/mol. The molecule has 2 aliphatic heterocycles. The Hall–Kier alpha value is -2.95. The van der Waals surface area contributed by atoms with Crippen LogP contribution in [0, 0.1) is 0 Å². The Labute approximate surface area is 174 Å². The average Bonchev–Trinajstić information content (AvgIpc) is 3.48. The highest BCUT2D eigenvalue weighted by molar-refractivity contribution is 5.92. The predicted molar refractivity (Wildman–Crippen MR) is 106 cm³/mol. The normalized spacial score (nSPS) is 20.4. The molecule has 4 heterocycles. The summed E-state index contributed by atoms with van der Waals surface area (Å²) in [6.45, 7) is 7.57. The lowest BCUT2D eigenvalue weighted by molar-refractivity contribution is -0.0828. The number of hydrogen-bond acceptors (Lipinski definition) is 6. The van der Waals surface area contributed by atoms with Crippen molar-refractivity contribution in [1.82, 2.24) is 40.3 Å². The molecule has 30 heavy (non-hydrogen) atoms. The second-order valence-corrected chi connectivity index (χ2v) is 7.73. The summed E-state index contributed by atoms with van der Waals surface area (Å²) < 4.78 is 9.78. The predicted octanol–water partition coefficient (Wildman–Crippen LogP) is 0.519. The van der Waals surface area contributed by atoms with Crippen molar-refractivity contribution in [3.05, 3.63) is 29.3 Å². The number of hydrogen-bond donors (Lipinski definition) is 2. The zero-order valence-corrected chi connectivity index (χ0v) is 17.4. The molecule has 1 saturated heterocycles. The Balaban J connectivity index is 1.38. The van der Waals surface area contributed by atoms with Crippen molar-refractivity contribution in [3.8, 4) is 0 Å². The summed E-state index contributed by atoms with van der Waals surface area (Å²) in [5.74, 6) is -0.0257. The van der Waals surface area contributed by atoms with Crippen molar-refractivity contribution < 1.29 is 14.3 Å². The summed E-state index contributed by atoms with van der Waals surface area (Å²) in [5.41, 5.74) is 1.71. The van der Waals surface area contributed by atoms with Gasteiger partial charge in [0.2, 0.25) is 0 Å². The first-order valence-corrected chi connectivity index (χ1v) is 10.4. The van der Waals surface area contributed by atoms with E-state index in [0.29, 0.717) is 57.3 Å². The number of likely N-dealkylation sites (tertiary alicyclic amines) is 1. The van der Waals surface area contributed by atoms with Crippen molar-refractivity contribution in [3.63, 3.8) is 0 Å². The van der Waals surface area contributed by atoms with Crippen LogP contribution in [0.3, 0.4) is 0 Å². The Morgan fingerprint density at radius 3 is 2.93 bits per heavy atom. The van der Waals surface area contributed by atoms with Gasteiger partial charge in [-0.15, -0.1) is 5.10 Å². The third kappa shape index (κ3) is 3.89. The Morgan fingerprint density at radius 1 is 1.27 bits per heavy atom. The molecule has 0 radical (unpaired) electrons. The molecule has 0 aromatic carbocycles. The quantitative estimate of drug-likeness (QED) is 0.709. The van der Waals surface area contributed by atoms with Gasteiger partial charge in [-0.25, -0.2) is 9.48 Å². The molecule has 0 saturated carbocycles. The lowest BCUT2D eigenvalue weighted by Crippen LogP contribution is -2.45. The second-order valence-electron chi connectivity index (χ2n) is 7.73. The van der Waals surface area contributed by atoms with Crippen LogP contribution in [-0.4, -0.2) is 66.8 Å². The number of rotatable bonds is 6. The van der Waals surface area contributed by atoms with Crippen LogP contribution in [0.25, 0.3) is 0 Å².